The van der Waals surface area contributed by atoms with Gasteiger partial charge in [0.2, 0.25) is 0 Å². The first-order valence-corrected chi connectivity index (χ1v) is 7.57. The van der Waals surface area contributed by atoms with E-state index in [9.17, 15) is 9.59 Å². The average molecular weight is 274 g/mol. The number of thioether (sulfide) groups is 1. The second-order valence-electron chi connectivity index (χ2n) is 4.90. The molecule has 0 aromatic heterocycles. The highest BCUT2D eigenvalue weighted by atomic mass is 32.2. The second-order valence-corrected chi connectivity index (χ2v) is 5.81. The van der Waals surface area contributed by atoms with Gasteiger partial charge in [-0.05, 0) is 25.5 Å². The number of nitrogens with zero attached hydrogens (tertiary/aromatic N) is 2. The number of hydrogen-bond donors (Lipinski definition) is 1. The van der Waals surface area contributed by atoms with Crippen molar-refractivity contribution in [1.29, 1.82) is 0 Å². The van der Waals surface area contributed by atoms with E-state index in [1.165, 1.54) is 0 Å². The summed E-state index contributed by atoms with van der Waals surface area (Å²) in [6, 6.07) is 0.218. The molecule has 0 bridgehead atoms. The standard InChI is InChI=1S/C12H22N2O3S/c1-9(8-18-3)13(2)12(17)14-5-4-10(7-14)6-11(15)16/h9-10H,4-8H2,1-3H3,(H,15,16). The summed E-state index contributed by atoms with van der Waals surface area (Å²) in [6.07, 6.45) is 2.98. The minimum Gasteiger partial charge on any atom is -0.481 e. The Morgan fingerprint density at radius 2 is 2.22 bits per heavy atom. The van der Waals surface area contributed by atoms with Crippen LogP contribution in [0.4, 0.5) is 4.79 Å². The van der Waals surface area contributed by atoms with Gasteiger partial charge in [0.15, 0.2) is 0 Å². The summed E-state index contributed by atoms with van der Waals surface area (Å²) in [5, 5.41) is 8.75. The number of carbonyl (C=O) groups excluding carboxylic acids is 1. The predicted octanol–water partition coefficient (Wildman–Crippen LogP) is 1.59. The van der Waals surface area contributed by atoms with E-state index < -0.39 is 5.97 Å². The van der Waals surface area contributed by atoms with Gasteiger partial charge < -0.3 is 14.9 Å². The van der Waals surface area contributed by atoms with Crippen molar-refractivity contribution in [2.75, 3.05) is 32.1 Å². The van der Waals surface area contributed by atoms with Gasteiger partial charge in [-0.15, -0.1) is 0 Å². The Bertz CT molecular complexity index is 312. The summed E-state index contributed by atoms with van der Waals surface area (Å²) in [4.78, 5) is 26.3. The molecule has 2 unspecified atom stereocenters. The van der Waals surface area contributed by atoms with Gasteiger partial charge in [-0.1, -0.05) is 0 Å². The molecule has 104 valence electrons. The van der Waals surface area contributed by atoms with Crippen LogP contribution in [0.5, 0.6) is 0 Å². The summed E-state index contributed by atoms with van der Waals surface area (Å²) in [7, 11) is 1.81. The molecule has 0 spiro atoms. The van der Waals surface area contributed by atoms with Crippen LogP contribution >= 0.6 is 11.8 Å². The van der Waals surface area contributed by atoms with Crippen molar-refractivity contribution in [3.63, 3.8) is 0 Å². The largest absolute Gasteiger partial charge is 0.481 e. The molecule has 2 atom stereocenters. The third-order valence-electron chi connectivity index (χ3n) is 3.39. The third kappa shape index (κ3) is 4.08. The van der Waals surface area contributed by atoms with E-state index in [0.29, 0.717) is 13.1 Å². The lowest BCUT2D eigenvalue weighted by molar-refractivity contribution is -0.138. The highest BCUT2D eigenvalue weighted by molar-refractivity contribution is 7.98. The molecule has 1 fully saturated rings. The van der Waals surface area contributed by atoms with Crippen LogP contribution in [0, 0.1) is 5.92 Å². The first-order valence-electron chi connectivity index (χ1n) is 6.18. The highest BCUT2D eigenvalue weighted by Crippen LogP contribution is 2.21. The average Bonchev–Trinajstić information content (AvgIpc) is 2.75. The van der Waals surface area contributed by atoms with Crippen molar-refractivity contribution in [2.45, 2.75) is 25.8 Å². The number of carbonyl (C=O) groups is 2. The fourth-order valence-corrected chi connectivity index (χ4v) is 2.89. The number of rotatable bonds is 5. The number of carboxylic acid groups (broad SMARTS) is 1. The van der Waals surface area contributed by atoms with Crippen LogP contribution in [0.1, 0.15) is 19.8 Å². The van der Waals surface area contributed by atoms with Gasteiger partial charge in [-0.3, -0.25) is 4.79 Å². The van der Waals surface area contributed by atoms with Crippen LogP contribution in [-0.2, 0) is 4.79 Å². The molecule has 5 nitrogen and oxygen atoms in total. The van der Waals surface area contributed by atoms with E-state index in [4.69, 9.17) is 5.11 Å². The van der Waals surface area contributed by atoms with Gasteiger partial charge in [-0.2, -0.15) is 11.8 Å². The Balaban J connectivity index is 2.46. The molecule has 0 aromatic carbocycles. The summed E-state index contributed by atoms with van der Waals surface area (Å²) in [6.45, 7) is 3.27. The molecule has 2 amide bonds. The van der Waals surface area contributed by atoms with Crippen molar-refractivity contribution in [2.24, 2.45) is 5.92 Å². The quantitative estimate of drug-likeness (QED) is 0.827. The smallest absolute Gasteiger partial charge is 0.320 e. The molecule has 0 aromatic rings. The zero-order valence-corrected chi connectivity index (χ0v) is 12.1. The lowest BCUT2D eigenvalue weighted by atomic mass is 10.1. The van der Waals surface area contributed by atoms with Crippen LogP contribution in [0.2, 0.25) is 0 Å². The normalized spacial score (nSPS) is 20.8. The molecule has 18 heavy (non-hydrogen) atoms. The number of amides is 2. The van der Waals surface area contributed by atoms with Crippen LogP contribution < -0.4 is 0 Å². The Morgan fingerprint density at radius 3 is 2.78 bits per heavy atom. The number of aliphatic carboxylic acids is 1. The van der Waals surface area contributed by atoms with Crippen molar-refractivity contribution in [3.8, 4) is 0 Å². The molecule has 1 aliphatic heterocycles. The zero-order chi connectivity index (χ0) is 13.7. The number of likely N-dealkylation sites (tertiary alicyclic amines) is 1. The number of urea groups is 1. The molecule has 6 heteroatoms. The Hall–Kier alpha value is -0.910. The van der Waals surface area contributed by atoms with Gasteiger partial charge in [0.1, 0.15) is 0 Å². The molecule has 1 heterocycles. The van der Waals surface area contributed by atoms with Gasteiger partial charge in [0.05, 0.1) is 0 Å². The fraction of sp³-hybridized carbons (Fsp3) is 0.833. The Morgan fingerprint density at radius 1 is 1.56 bits per heavy atom. The summed E-state index contributed by atoms with van der Waals surface area (Å²) in [5.41, 5.74) is 0. The molecule has 1 rings (SSSR count). The maximum absolute atomic E-state index is 12.2. The molecular formula is C12H22N2O3S. The van der Waals surface area contributed by atoms with E-state index in [2.05, 4.69) is 0 Å². The molecule has 1 saturated heterocycles. The molecule has 1 aliphatic rings. The van der Waals surface area contributed by atoms with Crippen molar-refractivity contribution in [3.05, 3.63) is 0 Å². The SMILES string of the molecule is CSCC(C)N(C)C(=O)N1CCC(CC(=O)O)C1. The maximum atomic E-state index is 12.2. The van der Waals surface area contributed by atoms with E-state index in [-0.39, 0.29) is 24.4 Å². The number of carboxylic acids is 1. The maximum Gasteiger partial charge on any atom is 0.320 e. The lowest BCUT2D eigenvalue weighted by Crippen LogP contribution is -2.45. The monoisotopic (exact) mass is 274 g/mol. The lowest BCUT2D eigenvalue weighted by Gasteiger charge is -2.29. The van der Waals surface area contributed by atoms with Crippen LogP contribution in [-0.4, -0.2) is 65.1 Å². The topological polar surface area (TPSA) is 60.9 Å². The van der Waals surface area contributed by atoms with Crippen molar-refractivity contribution in [1.82, 2.24) is 9.80 Å². The summed E-state index contributed by atoms with van der Waals surface area (Å²) < 4.78 is 0. The first-order chi connectivity index (χ1) is 8.45. The van der Waals surface area contributed by atoms with E-state index in [0.717, 1.165) is 12.2 Å². The molecule has 1 N–H and O–H groups in total. The van der Waals surface area contributed by atoms with Crippen LogP contribution in [0.15, 0.2) is 0 Å². The molecule has 0 aliphatic carbocycles. The molecular weight excluding hydrogens is 252 g/mol. The van der Waals surface area contributed by atoms with Gasteiger partial charge >= 0.3 is 12.0 Å². The van der Waals surface area contributed by atoms with E-state index in [1.807, 2.05) is 20.2 Å². The zero-order valence-electron chi connectivity index (χ0n) is 11.3. The van der Waals surface area contributed by atoms with E-state index >= 15 is 0 Å². The minimum atomic E-state index is -0.779. The first kappa shape index (κ1) is 15.1. The van der Waals surface area contributed by atoms with Gasteiger partial charge in [0.25, 0.3) is 0 Å². The fourth-order valence-electron chi connectivity index (χ4n) is 2.18. The summed E-state index contributed by atoms with van der Waals surface area (Å²) >= 11 is 1.72. The van der Waals surface area contributed by atoms with Crippen molar-refractivity contribution >= 4 is 23.8 Å². The highest BCUT2D eigenvalue weighted by Gasteiger charge is 2.30. The van der Waals surface area contributed by atoms with Crippen LogP contribution in [0.25, 0.3) is 0 Å². The Kier molecular flexibility index (Phi) is 5.78. The van der Waals surface area contributed by atoms with E-state index in [1.54, 1.807) is 21.6 Å². The third-order valence-corrected chi connectivity index (χ3v) is 4.21. The van der Waals surface area contributed by atoms with Gasteiger partial charge in [0, 0.05) is 38.4 Å². The van der Waals surface area contributed by atoms with Crippen molar-refractivity contribution < 1.29 is 14.7 Å². The van der Waals surface area contributed by atoms with Crippen LogP contribution in [0.3, 0.4) is 0 Å². The number of hydrogen-bond acceptors (Lipinski definition) is 3. The molecule has 0 radical (unpaired) electrons. The minimum absolute atomic E-state index is 0.0180. The molecule has 0 saturated carbocycles. The summed E-state index contributed by atoms with van der Waals surface area (Å²) in [5.74, 6) is 0.239. The predicted molar refractivity (Wildman–Crippen MR) is 72.9 cm³/mol. The Labute approximate surface area is 113 Å². The van der Waals surface area contributed by atoms with Gasteiger partial charge in [-0.25, -0.2) is 4.79 Å². The second kappa shape index (κ2) is 6.87.